The normalized spacial score (nSPS) is 34.1. The molecule has 82 valence electrons. The molecule has 4 nitrogen and oxygen atoms in total. The highest BCUT2D eigenvalue weighted by molar-refractivity contribution is 5.85. The van der Waals surface area contributed by atoms with Crippen LogP contribution in [0.15, 0.2) is 12.2 Å². The molecule has 1 saturated carbocycles. The summed E-state index contributed by atoms with van der Waals surface area (Å²) in [7, 11) is 0. The zero-order chi connectivity index (χ0) is 11.0. The summed E-state index contributed by atoms with van der Waals surface area (Å²) in [4.78, 5) is 22.3. The molecular formula is C11H15NO3. The lowest BCUT2D eigenvalue weighted by Gasteiger charge is -2.19. The van der Waals surface area contributed by atoms with Crippen molar-refractivity contribution < 1.29 is 14.7 Å². The number of hydrogen-bond donors (Lipinski definition) is 2. The van der Waals surface area contributed by atoms with Gasteiger partial charge >= 0.3 is 5.97 Å². The average Bonchev–Trinajstić information content (AvgIpc) is 2.78. The number of allylic oxidation sites excluding steroid dienone is 2. The summed E-state index contributed by atoms with van der Waals surface area (Å²) < 4.78 is 0. The first-order chi connectivity index (χ1) is 7.08. The fourth-order valence-corrected chi connectivity index (χ4v) is 2.46. The van der Waals surface area contributed by atoms with E-state index in [1.54, 1.807) is 0 Å². The third kappa shape index (κ3) is 1.89. The Morgan fingerprint density at radius 1 is 1.40 bits per heavy atom. The molecule has 2 bridgehead atoms. The van der Waals surface area contributed by atoms with Crippen LogP contribution in [0.3, 0.4) is 0 Å². The molecule has 0 heterocycles. The van der Waals surface area contributed by atoms with Gasteiger partial charge in [0.25, 0.3) is 0 Å². The molecule has 0 aromatic rings. The number of carbonyl (C=O) groups is 2. The van der Waals surface area contributed by atoms with E-state index in [9.17, 15) is 9.59 Å². The molecule has 0 aliphatic heterocycles. The van der Waals surface area contributed by atoms with E-state index in [0.717, 1.165) is 12.8 Å². The molecule has 4 atom stereocenters. The smallest absolute Gasteiger partial charge is 0.325 e. The summed E-state index contributed by atoms with van der Waals surface area (Å²) in [5, 5.41) is 11.2. The maximum Gasteiger partial charge on any atom is 0.325 e. The fraction of sp³-hybridized carbons (Fsp3) is 0.636. The van der Waals surface area contributed by atoms with Gasteiger partial charge in [-0.2, -0.15) is 0 Å². The van der Waals surface area contributed by atoms with Gasteiger partial charge in [-0.25, -0.2) is 0 Å². The Bertz CT molecular complexity index is 324. The van der Waals surface area contributed by atoms with Crippen molar-refractivity contribution >= 4 is 11.9 Å². The first kappa shape index (κ1) is 10.2. The van der Waals surface area contributed by atoms with Crippen molar-refractivity contribution in [2.24, 2.45) is 17.8 Å². The van der Waals surface area contributed by atoms with Gasteiger partial charge < -0.3 is 10.4 Å². The van der Waals surface area contributed by atoms with E-state index in [0.29, 0.717) is 11.8 Å². The third-order valence-electron chi connectivity index (χ3n) is 3.34. The molecule has 0 spiro atoms. The number of aliphatic carboxylic acids is 1. The standard InChI is InChI=1S/C11H15NO3/c1-6(11(14)15)12-10(13)9-5-7-2-3-8(9)4-7/h2-3,6-9H,4-5H2,1H3,(H,12,13)(H,14,15)/t6-,7?,8?,9?/m1/s1. The predicted molar refractivity (Wildman–Crippen MR) is 54.1 cm³/mol. The van der Waals surface area contributed by atoms with Crippen LogP contribution in [0.4, 0.5) is 0 Å². The lowest BCUT2D eigenvalue weighted by atomic mass is 9.92. The summed E-state index contributed by atoms with van der Waals surface area (Å²) in [6.45, 7) is 1.49. The number of nitrogens with one attached hydrogen (secondary N) is 1. The van der Waals surface area contributed by atoms with Crippen molar-refractivity contribution in [1.29, 1.82) is 0 Å². The SMILES string of the molecule is C[C@@H](NC(=O)C1CC2C=CC1C2)C(=O)O. The highest BCUT2D eigenvalue weighted by Gasteiger charge is 2.40. The van der Waals surface area contributed by atoms with E-state index in [2.05, 4.69) is 17.5 Å². The first-order valence-electron chi connectivity index (χ1n) is 5.29. The third-order valence-corrected chi connectivity index (χ3v) is 3.34. The van der Waals surface area contributed by atoms with Crippen LogP contribution in [0.25, 0.3) is 0 Å². The number of carboxylic acids is 1. The summed E-state index contributed by atoms with van der Waals surface area (Å²) >= 11 is 0. The molecule has 0 aromatic carbocycles. The maximum absolute atomic E-state index is 11.7. The van der Waals surface area contributed by atoms with Gasteiger partial charge in [-0.1, -0.05) is 12.2 Å². The summed E-state index contributed by atoms with van der Waals surface area (Å²) in [5.41, 5.74) is 0. The molecule has 1 fully saturated rings. The molecule has 4 heteroatoms. The van der Waals surface area contributed by atoms with Gasteiger partial charge in [0, 0.05) is 5.92 Å². The predicted octanol–water partition coefficient (Wildman–Crippen LogP) is 0.788. The van der Waals surface area contributed by atoms with Crippen LogP contribution < -0.4 is 5.32 Å². The number of hydrogen-bond acceptors (Lipinski definition) is 2. The molecule has 0 saturated heterocycles. The second-order valence-electron chi connectivity index (χ2n) is 4.46. The molecule has 15 heavy (non-hydrogen) atoms. The molecule has 0 aromatic heterocycles. The topological polar surface area (TPSA) is 66.4 Å². The second kappa shape index (κ2) is 3.68. The summed E-state index contributed by atoms with van der Waals surface area (Å²) in [5.74, 6) is -0.243. The number of carbonyl (C=O) groups excluding carboxylic acids is 1. The van der Waals surface area contributed by atoms with Gasteiger partial charge in [0.1, 0.15) is 6.04 Å². The second-order valence-corrected chi connectivity index (χ2v) is 4.46. The zero-order valence-corrected chi connectivity index (χ0v) is 8.64. The maximum atomic E-state index is 11.7. The Balaban J connectivity index is 1.92. The lowest BCUT2D eigenvalue weighted by molar-refractivity contribution is -0.142. The molecule has 2 aliphatic carbocycles. The van der Waals surface area contributed by atoms with E-state index in [1.165, 1.54) is 6.92 Å². The molecule has 2 aliphatic rings. The summed E-state index contributed by atoms with van der Waals surface area (Å²) in [6, 6.07) is -0.791. The minimum Gasteiger partial charge on any atom is -0.480 e. The van der Waals surface area contributed by atoms with Crippen molar-refractivity contribution in [3.63, 3.8) is 0 Å². The number of carboxylic acid groups (broad SMARTS) is 1. The molecule has 1 amide bonds. The van der Waals surface area contributed by atoms with Crippen LogP contribution in [-0.2, 0) is 9.59 Å². The van der Waals surface area contributed by atoms with Crippen molar-refractivity contribution in [3.8, 4) is 0 Å². The highest BCUT2D eigenvalue weighted by Crippen LogP contribution is 2.43. The minimum absolute atomic E-state index is 0.0122. The van der Waals surface area contributed by atoms with Crippen LogP contribution in [0.2, 0.25) is 0 Å². The molecule has 3 unspecified atom stereocenters. The van der Waals surface area contributed by atoms with Gasteiger partial charge in [0.2, 0.25) is 5.91 Å². The van der Waals surface area contributed by atoms with Gasteiger partial charge in [-0.3, -0.25) is 9.59 Å². The Morgan fingerprint density at radius 2 is 2.13 bits per heavy atom. The zero-order valence-electron chi connectivity index (χ0n) is 8.64. The van der Waals surface area contributed by atoms with Crippen LogP contribution in [0, 0.1) is 17.8 Å². The Labute approximate surface area is 88.4 Å². The lowest BCUT2D eigenvalue weighted by Crippen LogP contribution is -2.42. The van der Waals surface area contributed by atoms with Crippen LogP contribution in [-0.4, -0.2) is 23.0 Å². The number of amides is 1. The van der Waals surface area contributed by atoms with E-state index in [1.807, 2.05) is 0 Å². The van der Waals surface area contributed by atoms with Gasteiger partial charge in [-0.05, 0) is 31.6 Å². The number of fused-ring (bicyclic) bond motifs is 2. The minimum atomic E-state index is -0.984. The first-order valence-corrected chi connectivity index (χ1v) is 5.29. The van der Waals surface area contributed by atoms with Gasteiger partial charge in [0.15, 0.2) is 0 Å². The van der Waals surface area contributed by atoms with Crippen LogP contribution in [0.1, 0.15) is 19.8 Å². The Hall–Kier alpha value is -1.32. The Kier molecular flexibility index (Phi) is 2.50. The van der Waals surface area contributed by atoms with E-state index >= 15 is 0 Å². The van der Waals surface area contributed by atoms with Crippen LogP contribution in [0.5, 0.6) is 0 Å². The molecular weight excluding hydrogens is 194 g/mol. The Morgan fingerprint density at radius 3 is 2.60 bits per heavy atom. The largest absolute Gasteiger partial charge is 0.480 e. The monoisotopic (exact) mass is 209 g/mol. The van der Waals surface area contributed by atoms with Crippen molar-refractivity contribution in [2.75, 3.05) is 0 Å². The van der Waals surface area contributed by atoms with Crippen LogP contribution >= 0.6 is 0 Å². The fourth-order valence-electron chi connectivity index (χ4n) is 2.46. The van der Waals surface area contributed by atoms with E-state index in [-0.39, 0.29) is 11.8 Å². The average molecular weight is 209 g/mol. The van der Waals surface area contributed by atoms with Gasteiger partial charge in [-0.15, -0.1) is 0 Å². The quantitative estimate of drug-likeness (QED) is 0.675. The van der Waals surface area contributed by atoms with Gasteiger partial charge in [0.05, 0.1) is 0 Å². The van der Waals surface area contributed by atoms with E-state index in [4.69, 9.17) is 5.11 Å². The summed E-state index contributed by atoms with van der Waals surface area (Å²) in [6.07, 6.45) is 6.18. The number of rotatable bonds is 3. The highest BCUT2D eigenvalue weighted by atomic mass is 16.4. The van der Waals surface area contributed by atoms with Crippen molar-refractivity contribution in [3.05, 3.63) is 12.2 Å². The molecule has 0 radical (unpaired) electrons. The molecule has 2 N–H and O–H groups in total. The van der Waals surface area contributed by atoms with Crippen molar-refractivity contribution in [2.45, 2.75) is 25.8 Å². The van der Waals surface area contributed by atoms with Crippen molar-refractivity contribution in [1.82, 2.24) is 5.32 Å². The molecule has 2 rings (SSSR count). The van der Waals surface area contributed by atoms with E-state index < -0.39 is 12.0 Å².